The Hall–Kier alpha value is -3.30. The number of anilines is 2. The first-order chi connectivity index (χ1) is 14.1. The number of nitrogens with zero attached hydrogens (tertiary/aromatic N) is 4. The van der Waals surface area contributed by atoms with Crippen LogP contribution in [0.4, 0.5) is 11.4 Å². The number of nitriles is 1. The molecular weight excluding hydrogens is 362 g/mol. The Balaban J connectivity index is 1.56. The van der Waals surface area contributed by atoms with Gasteiger partial charge in [0.2, 0.25) is 0 Å². The van der Waals surface area contributed by atoms with Gasteiger partial charge in [-0.2, -0.15) is 5.26 Å². The van der Waals surface area contributed by atoms with E-state index in [1.807, 2.05) is 67.5 Å². The highest BCUT2D eigenvalue weighted by molar-refractivity contribution is 5.97. The number of carbonyl (C=O) groups is 1. The Morgan fingerprint density at radius 1 is 1.10 bits per heavy atom. The molecule has 0 atom stereocenters. The van der Waals surface area contributed by atoms with Crippen molar-refractivity contribution in [3.63, 3.8) is 0 Å². The van der Waals surface area contributed by atoms with Crippen molar-refractivity contribution in [2.75, 3.05) is 50.5 Å². The average Bonchev–Trinajstić information content (AvgIpc) is 2.75. The summed E-state index contributed by atoms with van der Waals surface area (Å²) in [5.74, 6) is -0.219. The molecule has 0 aliphatic carbocycles. The first-order valence-corrected chi connectivity index (χ1v) is 9.76. The molecule has 1 saturated heterocycles. The third kappa shape index (κ3) is 5.59. The van der Waals surface area contributed by atoms with Crippen molar-refractivity contribution in [3.8, 4) is 6.07 Å². The van der Waals surface area contributed by atoms with Gasteiger partial charge < -0.3 is 15.1 Å². The van der Waals surface area contributed by atoms with Crippen molar-refractivity contribution < 1.29 is 4.79 Å². The van der Waals surface area contributed by atoms with Gasteiger partial charge in [0.15, 0.2) is 0 Å². The molecule has 150 valence electrons. The number of hydrogen-bond donors (Lipinski definition) is 1. The highest BCUT2D eigenvalue weighted by atomic mass is 16.2. The molecule has 0 spiro atoms. The lowest BCUT2D eigenvalue weighted by Gasteiger charge is -2.34. The zero-order valence-electron chi connectivity index (χ0n) is 17.0. The molecule has 0 bridgehead atoms. The second-order valence-electron chi connectivity index (χ2n) is 7.31. The van der Waals surface area contributed by atoms with Crippen LogP contribution in [0.5, 0.6) is 0 Å². The molecule has 2 aromatic carbocycles. The maximum atomic E-state index is 12.8. The van der Waals surface area contributed by atoms with E-state index < -0.39 is 0 Å². The first-order valence-electron chi connectivity index (χ1n) is 9.76. The van der Waals surface area contributed by atoms with Crippen LogP contribution in [0.1, 0.15) is 5.56 Å². The van der Waals surface area contributed by atoms with Crippen LogP contribution >= 0.6 is 0 Å². The molecule has 0 unspecified atom stereocenters. The Morgan fingerprint density at radius 2 is 1.83 bits per heavy atom. The van der Waals surface area contributed by atoms with Crippen LogP contribution in [0.25, 0.3) is 0 Å². The van der Waals surface area contributed by atoms with Crippen molar-refractivity contribution in [2.24, 2.45) is 0 Å². The summed E-state index contributed by atoms with van der Waals surface area (Å²) < 4.78 is 0. The van der Waals surface area contributed by atoms with Crippen LogP contribution in [0.15, 0.2) is 66.4 Å². The predicted molar refractivity (Wildman–Crippen MR) is 116 cm³/mol. The van der Waals surface area contributed by atoms with Gasteiger partial charge in [0, 0.05) is 64.4 Å². The Kier molecular flexibility index (Phi) is 6.88. The summed E-state index contributed by atoms with van der Waals surface area (Å²) in [6.45, 7) is 3.74. The summed E-state index contributed by atoms with van der Waals surface area (Å²) in [5, 5.41) is 12.6. The van der Waals surface area contributed by atoms with Gasteiger partial charge in [-0.3, -0.25) is 9.69 Å². The molecule has 1 amide bonds. The minimum absolute atomic E-state index is 0.122. The van der Waals surface area contributed by atoms with E-state index >= 15 is 0 Å². The van der Waals surface area contributed by atoms with Gasteiger partial charge in [-0.25, -0.2) is 0 Å². The Morgan fingerprint density at radius 3 is 2.48 bits per heavy atom. The van der Waals surface area contributed by atoms with E-state index in [2.05, 4.69) is 22.3 Å². The quantitative estimate of drug-likeness (QED) is 0.608. The van der Waals surface area contributed by atoms with Crippen molar-refractivity contribution in [2.45, 2.75) is 6.54 Å². The monoisotopic (exact) mass is 389 g/mol. The molecule has 0 radical (unpaired) electrons. The van der Waals surface area contributed by atoms with E-state index in [9.17, 15) is 10.1 Å². The lowest BCUT2D eigenvalue weighted by Crippen LogP contribution is -2.48. The standard InChI is InChI=1S/C23H27N5O/c1-26(2)22-10-6-9-21(15-22)25-17-20(16-24)23(29)28-13-11-27(12-14-28)18-19-7-4-3-5-8-19/h3-10,15,17,25H,11-14,18H2,1-2H3/b20-17-. The smallest absolute Gasteiger partial charge is 0.266 e. The van der Waals surface area contributed by atoms with Crippen molar-refractivity contribution in [1.29, 1.82) is 5.26 Å². The summed E-state index contributed by atoms with van der Waals surface area (Å²) in [7, 11) is 3.94. The topological polar surface area (TPSA) is 62.6 Å². The van der Waals surface area contributed by atoms with E-state index in [4.69, 9.17) is 0 Å². The summed E-state index contributed by atoms with van der Waals surface area (Å²) in [6, 6.07) is 20.2. The lowest BCUT2D eigenvalue weighted by molar-refractivity contribution is -0.128. The van der Waals surface area contributed by atoms with Crippen molar-refractivity contribution in [3.05, 3.63) is 71.9 Å². The molecule has 0 aromatic heterocycles. The van der Waals surface area contributed by atoms with Crippen LogP contribution in [0, 0.1) is 11.3 Å². The van der Waals surface area contributed by atoms with E-state index in [0.29, 0.717) is 13.1 Å². The van der Waals surface area contributed by atoms with Crippen molar-refractivity contribution >= 4 is 17.3 Å². The molecule has 3 rings (SSSR count). The first kappa shape index (κ1) is 20.4. The molecule has 6 heteroatoms. The number of amides is 1. The largest absolute Gasteiger partial charge is 0.378 e. The fourth-order valence-corrected chi connectivity index (χ4v) is 3.29. The van der Waals surface area contributed by atoms with E-state index in [-0.39, 0.29) is 11.5 Å². The van der Waals surface area contributed by atoms with Gasteiger partial charge in [-0.1, -0.05) is 36.4 Å². The normalized spacial score (nSPS) is 14.9. The highest BCUT2D eigenvalue weighted by Gasteiger charge is 2.23. The zero-order chi connectivity index (χ0) is 20.6. The maximum absolute atomic E-state index is 12.8. The summed E-state index contributed by atoms with van der Waals surface area (Å²) in [5.41, 5.74) is 3.28. The van der Waals surface area contributed by atoms with Gasteiger partial charge in [-0.05, 0) is 23.8 Å². The third-order valence-corrected chi connectivity index (χ3v) is 5.01. The number of rotatable bonds is 6. The van der Waals surface area contributed by atoms with Crippen LogP contribution in [-0.4, -0.2) is 56.0 Å². The zero-order valence-corrected chi connectivity index (χ0v) is 17.0. The number of piperazine rings is 1. The summed E-state index contributed by atoms with van der Waals surface area (Å²) in [6.07, 6.45) is 1.51. The minimum atomic E-state index is -0.219. The van der Waals surface area contributed by atoms with E-state index in [1.165, 1.54) is 11.8 Å². The molecule has 1 heterocycles. The van der Waals surface area contributed by atoms with Gasteiger partial charge in [0.1, 0.15) is 11.6 Å². The average molecular weight is 390 g/mol. The Bertz CT molecular complexity index is 893. The highest BCUT2D eigenvalue weighted by Crippen LogP contribution is 2.18. The molecule has 1 aliphatic rings. The molecule has 2 aromatic rings. The van der Waals surface area contributed by atoms with Crippen LogP contribution in [0.3, 0.4) is 0 Å². The summed E-state index contributed by atoms with van der Waals surface area (Å²) >= 11 is 0. The second-order valence-corrected chi connectivity index (χ2v) is 7.31. The SMILES string of the molecule is CN(C)c1cccc(N/C=C(/C#N)C(=O)N2CCN(Cc3ccccc3)CC2)c1. The molecule has 1 N–H and O–H groups in total. The van der Waals surface area contributed by atoms with Crippen LogP contribution in [-0.2, 0) is 11.3 Å². The van der Waals surface area contributed by atoms with Crippen LogP contribution in [0.2, 0.25) is 0 Å². The number of hydrogen-bond acceptors (Lipinski definition) is 5. The van der Waals surface area contributed by atoms with E-state index in [0.717, 1.165) is 31.0 Å². The van der Waals surface area contributed by atoms with Gasteiger partial charge in [0.05, 0.1) is 0 Å². The van der Waals surface area contributed by atoms with Crippen LogP contribution < -0.4 is 10.2 Å². The summed E-state index contributed by atoms with van der Waals surface area (Å²) in [4.78, 5) is 18.9. The third-order valence-electron chi connectivity index (χ3n) is 5.01. The molecule has 6 nitrogen and oxygen atoms in total. The second kappa shape index (κ2) is 9.76. The number of carbonyl (C=O) groups excluding carboxylic acids is 1. The van der Waals surface area contributed by atoms with Crippen molar-refractivity contribution in [1.82, 2.24) is 9.80 Å². The Labute approximate surface area is 172 Å². The fraction of sp³-hybridized carbons (Fsp3) is 0.304. The molecule has 1 fully saturated rings. The molecular formula is C23H27N5O. The van der Waals surface area contributed by atoms with E-state index in [1.54, 1.807) is 4.90 Å². The maximum Gasteiger partial charge on any atom is 0.266 e. The van der Waals surface area contributed by atoms with Gasteiger partial charge >= 0.3 is 0 Å². The molecule has 0 saturated carbocycles. The lowest BCUT2D eigenvalue weighted by atomic mass is 10.2. The number of nitrogens with one attached hydrogen (secondary N) is 1. The van der Waals surface area contributed by atoms with Gasteiger partial charge in [-0.15, -0.1) is 0 Å². The predicted octanol–water partition coefficient (Wildman–Crippen LogP) is 2.92. The molecule has 1 aliphatic heterocycles. The van der Waals surface area contributed by atoms with Gasteiger partial charge in [0.25, 0.3) is 5.91 Å². The molecule has 29 heavy (non-hydrogen) atoms. The minimum Gasteiger partial charge on any atom is -0.378 e. The fourth-order valence-electron chi connectivity index (χ4n) is 3.29. The number of benzene rings is 2.